The third-order valence-corrected chi connectivity index (χ3v) is 2.73. The summed E-state index contributed by atoms with van der Waals surface area (Å²) in [6.07, 6.45) is -4.59. The average Bonchev–Trinajstić information content (AvgIpc) is 2.37. The number of aromatic nitrogens is 1. The summed E-state index contributed by atoms with van der Waals surface area (Å²) in [6, 6.07) is 2.73. The normalized spacial score (nSPS) is 14.5. The summed E-state index contributed by atoms with van der Waals surface area (Å²) in [6.45, 7) is 3.61. The Balaban J connectivity index is 3.15. The first-order valence-corrected chi connectivity index (χ1v) is 5.90. The van der Waals surface area contributed by atoms with E-state index in [1.807, 2.05) is 0 Å². The minimum absolute atomic E-state index is 0.0568. The van der Waals surface area contributed by atoms with Crippen molar-refractivity contribution in [1.29, 1.82) is 0 Å². The van der Waals surface area contributed by atoms with Crippen LogP contribution < -0.4 is 9.78 Å². The van der Waals surface area contributed by atoms with Crippen LogP contribution in [0.1, 0.15) is 25.3 Å². The standard InChI is InChI=1S/C12H11F7N2O/c1-7(2)8-3-5-21(6-4-8)20-9(22)10(13,14)11(15,16)12(17,18)19/h3-7H,1-2H3. The number of alkyl halides is 7. The third kappa shape index (κ3) is 3.30. The van der Waals surface area contributed by atoms with Gasteiger partial charge < -0.3 is 5.11 Å². The molecule has 1 rings (SSSR count). The second-order valence-electron chi connectivity index (χ2n) is 4.72. The van der Waals surface area contributed by atoms with Crippen LogP contribution in [-0.4, -0.2) is 23.9 Å². The molecule has 0 aliphatic rings. The van der Waals surface area contributed by atoms with Crippen molar-refractivity contribution >= 4 is 5.90 Å². The van der Waals surface area contributed by atoms with Gasteiger partial charge in [0.25, 0.3) is 0 Å². The highest BCUT2D eigenvalue weighted by Crippen LogP contribution is 2.46. The Labute approximate surface area is 120 Å². The van der Waals surface area contributed by atoms with Gasteiger partial charge in [-0.1, -0.05) is 18.5 Å². The zero-order valence-electron chi connectivity index (χ0n) is 11.3. The van der Waals surface area contributed by atoms with E-state index in [1.165, 1.54) is 12.1 Å². The molecule has 0 saturated carbocycles. The van der Waals surface area contributed by atoms with Crippen LogP contribution in [0.25, 0.3) is 0 Å². The van der Waals surface area contributed by atoms with E-state index in [-0.39, 0.29) is 5.92 Å². The number of hydrogen-bond acceptors (Lipinski definition) is 2. The Morgan fingerprint density at radius 3 is 1.86 bits per heavy atom. The van der Waals surface area contributed by atoms with E-state index in [2.05, 4.69) is 5.10 Å². The molecule has 0 radical (unpaired) electrons. The van der Waals surface area contributed by atoms with Gasteiger partial charge >= 0.3 is 18.0 Å². The number of pyridine rings is 1. The lowest BCUT2D eigenvalue weighted by atomic mass is 10.1. The molecule has 3 nitrogen and oxygen atoms in total. The summed E-state index contributed by atoms with van der Waals surface area (Å²) in [5, 5.41) is 13.6. The molecule has 0 unspecified atom stereocenters. The van der Waals surface area contributed by atoms with Gasteiger partial charge in [0.15, 0.2) is 0 Å². The van der Waals surface area contributed by atoms with Crippen LogP contribution in [-0.2, 0) is 0 Å². The Bertz CT molecular complexity index is 550. The number of nitrogens with zero attached hydrogens (tertiary/aromatic N) is 2. The fraction of sp³-hybridized carbons (Fsp3) is 0.500. The van der Waals surface area contributed by atoms with Crippen LogP contribution in [0, 0.1) is 0 Å². The van der Waals surface area contributed by atoms with Gasteiger partial charge in [-0.15, -0.1) is 0 Å². The summed E-state index contributed by atoms with van der Waals surface area (Å²) in [5.74, 6) is -15.4. The molecule has 0 amide bonds. The van der Waals surface area contributed by atoms with Crippen LogP contribution >= 0.6 is 0 Å². The fourth-order valence-electron chi connectivity index (χ4n) is 1.36. The van der Waals surface area contributed by atoms with Crippen LogP contribution in [0.15, 0.2) is 29.6 Å². The van der Waals surface area contributed by atoms with Gasteiger partial charge in [-0.05, 0) is 16.6 Å². The van der Waals surface area contributed by atoms with Crippen LogP contribution in [0.3, 0.4) is 0 Å². The van der Waals surface area contributed by atoms with E-state index in [4.69, 9.17) is 0 Å². The number of rotatable bonds is 4. The zero-order valence-corrected chi connectivity index (χ0v) is 11.3. The first-order valence-electron chi connectivity index (χ1n) is 5.90. The summed E-state index contributed by atoms with van der Waals surface area (Å²) in [5.41, 5.74) is 0.728. The molecule has 0 aromatic carbocycles. The monoisotopic (exact) mass is 332 g/mol. The smallest absolute Gasteiger partial charge is 0.460 e. The van der Waals surface area contributed by atoms with Gasteiger partial charge in [0.05, 0.1) is 0 Å². The molecule has 22 heavy (non-hydrogen) atoms. The van der Waals surface area contributed by atoms with E-state index >= 15 is 0 Å². The highest BCUT2D eigenvalue weighted by atomic mass is 19.4. The second-order valence-corrected chi connectivity index (χ2v) is 4.72. The third-order valence-electron chi connectivity index (χ3n) is 2.73. The highest BCUT2D eigenvalue weighted by molar-refractivity contribution is 5.80. The largest absolute Gasteiger partial charge is 0.853 e. The maximum absolute atomic E-state index is 13.1. The molecular formula is C12H11F7N2O. The molecule has 1 aromatic heterocycles. The molecule has 10 heteroatoms. The van der Waals surface area contributed by atoms with E-state index in [1.54, 1.807) is 13.8 Å². The predicted octanol–water partition coefficient (Wildman–Crippen LogP) is 2.45. The minimum Gasteiger partial charge on any atom is -0.853 e. The van der Waals surface area contributed by atoms with Crippen molar-refractivity contribution in [3.63, 3.8) is 0 Å². The van der Waals surface area contributed by atoms with Gasteiger partial charge in [-0.25, -0.2) is 0 Å². The lowest BCUT2D eigenvalue weighted by molar-refractivity contribution is -0.682. The lowest BCUT2D eigenvalue weighted by Gasteiger charge is -2.29. The molecule has 1 heterocycles. The molecular weight excluding hydrogens is 321 g/mol. The Hall–Kier alpha value is -1.87. The molecule has 0 saturated heterocycles. The summed E-state index contributed by atoms with van der Waals surface area (Å²) in [7, 11) is 0. The molecule has 0 N–H and O–H groups in total. The van der Waals surface area contributed by atoms with E-state index in [0.29, 0.717) is 4.68 Å². The molecule has 0 aliphatic heterocycles. The molecule has 0 bridgehead atoms. The molecule has 0 spiro atoms. The maximum atomic E-state index is 13.1. The number of halogens is 7. The van der Waals surface area contributed by atoms with Crippen molar-refractivity contribution in [1.82, 2.24) is 0 Å². The second kappa shape index (κ2) is 5.73. The molecule has 1 aromatic rings. The SMILES string of the molecule is CC(C)c1cc[n+](/N=C(\[O-])C(F)(F)C(F)(F)C(F)(F)F)cc1. The van der Waals surface area contributed by atoms with Crippen molar-refractivity contribution in [2.45, 2.75) is 37.8 Å². The van der Waals surface area contributed by atoms with Crippen molar-refractivity contribution in [3.05, 3.63) is 30.1 Å². The van der Waals surface area contributed by atoms with Crippen molar-refractivity contribution in [2.75, 3.05) is 0 Å². The number of hydrogen-bond donors (Lipinski definition) is 0. The summed E-state index contributed by atoms with van der Waals surface area (Å²) >= 11 is 0. The van der Waals surface area contributed by atoms with Gasteiger partial charge in [-0.2, -0.15) is 30.7 Å². The predicted molar refractivity (Wildman–Crippen MR) is 59.5 cm³/mol. The van der Waals surface area contributed by atoms with Crippen LogP contribution in [0.5, 0.6) is 0 Å². The highest BCUT2D eigenvalue weighted by Gasteiger charge is 2.73. The summed E-state index contributed by atoms with van der Waals surface area (Å²) in [4.78, 5) is 0. The van der Waals surface area contributed by atoms with Gasteiger partial charge in [-0.3, -0.25) is 0 Å². The van der Waals surface area contributed by atoms with Gasteiger partial charge in [0.2, 0.25) is 12.4 Å². The fourth-order valence-corrected chi connectivity index (χ4v) is 1.36. The lowest BCUT2D eigenvalue weighted by Crippen LogP contribution is -2.60. The first-order chi connectivity index (χ1) is 9.80. The van der Waals surface area contributed by atoms with Crippen LogP contribution in [0.4, 0.5) is 30.7 Å². The van der Waals surface area contributed by atoms with E-state index < -0.39 is 23.9 Å². The Morgan fingerprint density at radius 1 is 1.05 bits per heavy atom. The van der Waals surface area contributed by atoms with Crippen molar-refractivity contribution in [2.24, 2.45) is 5.10 Å². The van der Waals surface area contributed by atoms with Crippen molar-refractivity contribution < 1.29 is 40.5 Å². The summed E-state index contributed by atoms with van der Waals surface area (Å²) < 4.78 is 87.7. The Kier molecular flexibility index (Phi) is 4.73. The topological polar surface area (TPSA) is 39.3 Å². The minimum atomic E-state index is -6.58. The quantitative estimate of drug-likeness (QED) is 0.361. The zero-order chi connectivity index (χ0) is 17.3. The maximum Gasteiger partial charge on any atom is 0.460 e. The van der Waals surface area contributed by atoms with Crippen molar-refractivity contribution in [3.8, 4) is 0 Å². The van der Waals surface area contributed by atoms with Gasteiger partial charge in [0, 0.05) is 12.1 Å². The van der Waals surface area contributed by atoms with Gasteiger partial charge in [0.1, 0.15) is 5.90 Å². The molecule has 0 aliphatic carbocycles. The Morgan fingerprint density at radius 2 is 1.50 bits per heavy atom. The average molecular weight is 332 g/mol. The molecule has 0 fully saturated rings. The van der Waals surface area contributed by atoms with E-state index in [0.717, 1.165) is 18.0 Å². The first kappa shape index (κ1) is 18.2. The molecule has 124 valence electrons. The van der Waals surface area contributed by atoms with Crippen LogP contribution in [0.2, 0.25) is 0 Å². The van der Waals surface area contributed by atoms with E-state index in [9.17, 15) is 35.8 Å². The molecule has 0 atom stereocenters.